The third kappa shape index (κ3) is 5.98. The zero-order chi connectivity index (χ0) is 30.9. The van der Waals surface area contributed by atoms with Crippen LogP contribution in [0.4, 0.5) is 0 Å². The Labute approximate surface area is 256 Å². The van der Waals surface area contributed by atoms with Gasteiger partial charge in [-0.1, -0.05) is 72.5 Å². The Morgan fingerprint density at radius 1 is 1.00 bits per heavy atom. The number of carboxylic acid groups (broad SMARTS) is 2. The van der Waals surface area contributed by atoms with E-state index < -0.39 is 23.5 Å². The van der Waals surface area contributed by atoms with E-state index in [0.29, 0.717) is 24.4 Å². The third-order valence-electron chi connectivity index (χ3n) is 13.6. The molecule has 0 saturated heterocycles. The minimum Gasteiger partial charge on any atom is -0.481 e. The molecule has 0 aliphatic heterocycles. The zero-order valence-electron chi connectivity index (χ0n) is 27.9. The van der Waals surface area contributed by atoms with Crippen LogP contribution in [0, 0.1) is 57.7 Å². The molecule has 240 valence electrons. The highest BCUT2D eigenvalue weighted by Gasteiger charge is 2.61. The molecular weight excluding hydrogens is 524 g/mol. The Balaban J connectivity index is 1.54. The highest BCUT2D eigenvalue weighted by molar-refractivity contribution is 5.76. The number of hydrogen-bond donors (Lipinski definition) is 2. The number of allylic oxidation sites excluding steroid dienone is 2. The summed E-state index contributed by atoms with van der Waals surface area (Å²) in [6.07, 6.45) is 16.0. The largest absolute Gasteiger partial charge is 0.481 e. The molecule has 2 N–H and O–H groups in total. The first-order valence-corrected chi connectivity index (χ1v) is 17.6. The average molecular weight is 587 g/mol. The molecule has 6 unspecified atom stereocenters. The zero-order valence-corrected chi connectivity index (χ0v) is 27.9. The second-order valence-electron chi connectivity index (χ2n) is 15.8. The number of aliphatic carboxylic acids is 2. The predicted octanol–water partition coefficient (Wildman–Crippen LogP) is 9.39. The summed E-state index contributed by atoms with van der Waals surface area (Å²) < 4.78 is 6.07. The van der Waals surface area contributed by atoms with Crippen molar-refractivity contribution in [2.24, 2.45) is 57.7 Å². The lowest BCUT2D eigenvalue weighted by Gasteiger charge is -2.59. The van der Waals surface area contributed by atoms with Gasteiger partial charge in [-0.2, -0.15) is 0 Å². The van der Waals surface area contributed by atoms with Crippen LogP contribution in [0.3, 0.4) is 0 Å². The van der Waals surface area contributed by atoms with Crippen LogP contribution < -0.4 is 0 Å². The number of carboxylic acids is 2. The summed E-state index contributed by atoms with van der Waals surface area (Å²) in [5, 5.41) is 20.1. The number of fused-ring (bicyclic) bond motifs is 5. The molecule has 3 fully saturated rings. The highest BCUT2D eigenvalue weighted by Crippen LogP contribution is 2.68. The molecule has 0 heterocycles. The summed E-state index contributed by atoms with van der Waals surface area (Å²) in [6, 6.07) is 0. The van der Waals surface area contributed by atoms with Crippen LogP contribution in [0.25, 0.3) is 0 Å². The third-order valence-corrected chi connectivity index (χ3v) is 13.6. The number of hydrogen-bond acceptors (Lipinski definition) is 3. The number of ether oxygens (including phenoxy) is 1. The SMILES string of the molecule is CCOC(CCC(=O)O)C(CC)(C(=O)O)C1CC[C@@]2(C)C(=CCC3C2CC[C@@]2(C)C3CC[C@@H]2[C@H](C)CCCC(C)C)C1. The smallest absolute Gasteiger partial charge is 0.312 e. The van der Waals surface area contributed by atoms with Crippen molar-refractivity contribution in [2.45, 2.75) is 144 Å². The van der Waals surface area contributed by atoms with Crippen LogP contribution in [0.2, 0.25) is 0 Å². The van der Waals surface area contributed by atoms with E-state index in [0.717, 1.165) is 55.3 Å². The van der Waals surface area contributed by atoms with Gasteiger partial charge in [0.05, 0.1) is 11.5 Å². The molecule has 0 aromatic heterocycles. The standard InChI is InChI=1S/C37H62O5/c1-8-37(34(40)41,32(42-9-2)17-18-33(38)39)27-19-21-35(6)26(23-27)13-14-28-30-16-15-29(25(5)12-10-11-24(3)4)36(30,7)22-20-31(28)35/h13,24-25,27-32H,8-12,14-23H2,1-7H3,(H,38,39)(H,40,41)/t25-,27?,28?,29-,30?,31?,32?,35+,36-,37?/m1/s1. The van der Waals surface area contributed by atoms with Gasteiger partial charge in [0.1, 0.15) is 0 Å². The molecule has 42 heavy (non-hydrogen) atoms. The van der Waals surface area contributed by atoms with E-state index >= 15 is 0 Å². The van der Waals surface area contributed by atoms with Crippen molar-refractivity contribution in [3.05, 3.63) is 11.6 Å². The molecule has 0 amide bonds. The van der Waals surface area contributed by atoms with Gasteiger partial charge in [0, 0.05) is 13.0 Å². The van der Waals surface area contributed by atoms with Gasteiger partial charge < -0.3 is 14.9 Å². The monoisotopic (exact) mass is 586 g/mol. The van der Waals surface area contributed by atoms with E-state index in [1.807, 2.05) is 13.8 Å². The summed E-state index contributed by atoms with van der Waals surface area (Å²) >= 11 is 0. The fourth-order valence-electron chi connectivity index (χ4n) is 11.3. The second-order valence-corrected chi connectivity index (χ2v) is 15.8. The Bertz CT molecular complexity index is 987. The van der Waals surface area contributed by atoms with Gasteiger partial charge in [-0.25, -0.2) is 0 Å². The maximum Gasteiger partial charge on any atom is 0.312 e. The quantitative estimate of drug-likeness (QED) is 0.198. The Hall–Kier alpha value is -1.36. The fourth-order valence-corrected chi connectivity index (χ4v) is 11.3. The van der Waals surface area contributed by atoms with Crippen LogP contribution in [0.5, 0.6) is 0 Å². The minimum atomic E-state index is -1.06. The van der Waals surface area contributed by atoms with E-state index in [4.69, 9.17) is 4.74 Å². The predicted molar refractivity (Wildman–Crippen MR) is 169 cm³/mol. The molecule has 4 aliphatic carbocycles. The summed E-state index contributed by atoms with van der Waals surface area (Å²) in [5.41, 5.74) is 1.06. The molecule has 3 saturated carbocycles. The molecule has 5 nitrogen and oxygen atoms in total. The lowest BCUT2D eigenvalue weighted by atomic mass is 9.45. The maximum atomic E-state index is 13.1. The van der Waals surface area contributed by atoms with Crippen molar-refractivity contribution in [1.29, 1.82) is 0 Å². The molecule has 0 aromatic carbocycles. The average Bonchev–Trinajstić information content (AvgIpc) is 3.29. The summed E-state index contributed by atoms with van der Waals surface area (Å²) in [7, 11) is 0. The van der Waals surface area contributed by atoms with E-state index in [1.54, 1.807) is 0 Å². The van der Waals surface area contributed by atoms with Crippen molar-refractivity contribution < 1.29 is 24.5 Å². The van der Waals surface area contributed by atoms with Crippen molar-refractivity contribution in [3.8, 4) is 0 Å². The normalized spacial score (nSPS) is 37.1. The van der Waals surface area contributed by atoms with E-state index in [9.17, 15) is 19.8 Å². The lowest BCUT2D eigenvalue weighted by molar-refractivity contribution is -0.172. The van der Waals surface area contributed by atoms with E-state index in [1.165, 1.54) is 50.5 Å². The van der Waals surface area contributed by atoms with Crippen LogP contribution >= 0.6 is 0 Å². The molecule has 5 heteroatoms. The number of rotatable bonds is 14. The fraction of sp³-hybridized carbons (Fsp3) is 0.892. The second kappa shape index (κ2) is 13.3. The lowest BCUT2D eigenvalue weighted by Crippen LogP contribution is -2.54. The molecule has 0 aromatic rings. The van der Waals surface area contributed by atoms with Gasteiger partial charge in [0.2, 0.25) is 0 Å². The summed E-state index contributed by atoms with van der Waals surface area (Å²) in [6.45, 7) is 16.6. The van der Waals surface area contributed by atoms with Gasteiger partial charge in [-0.3, -0.25) is 9.59 Å². The van der Waals surface area contributed by atoms with Crippen LogP contribution in [-0.4, -0.2) is 34.9 Å². The van der Waals surface area contributed by atoms with Gasteiger partial charge in [0.15, 0.2) is 0 Å². The molecule has 0 radical (unpaired) electrons. The summed E-state index contributed by atoms with van der Waals surface area (Å²) in [4.78, 5) is 24.5. The van der Waals surface area contributed by atoms with Crippen molar-refractivity contribution in [1.82, 2.24) is 0 Å². The molecule has 4 rings (SSSR count). The van der Waals surface area contributed by atoms with Gasteiger partial charge in [-0.15, -0.1) is 0 Å². The molecule has 4 aliphatic rings. The molecular formula is C37H62O5. The molecule has 10 atom stereocenters. The first-order chi connectivity index (χ1) is 19.8. The Kier molecular flexibility index (Phi) is 10.6. The first-order valence-electron chi connectivity index (χ1n) is 17.6. The van der Waals surface area contributed by atoms with Crippen LogP contribution in [-0.2, 0) is 14.3 Å². The van der Waals surface area contributed by atoms with Crippen molar-refractivity contribution in [2.75, 3.05) is 6.61 Å². The summed E-state index contributed by atoms with van der Waals surface area (Å²) in [5.74, 6) is 2.99. The maximum absolute atomic E-state index is 13.1. The van der Waals surface area contributed by atoms with Gasteiger partial charge in [0.25, 0.3) is 0 Å². The minimum absolute atomic E-state index is 0.0300. The Morgan fingerprint density at radius 3 is 2.36 bits per heavy atom. The van der Waals surface area contributed by atoms with Gasteiger partial charge >= 0.3 is 11.9 Å². The highest BCUT2D eigenvalue weighted by atomic mass is 16.5. The van der Waals surface area contributed by atoms with E-state index in [2.05, 4.69) is 40.7 Å². The van der Waals surface area contributed by atoms with Crippen molar-refractivity contribution in [3.63, 3.8) is 0 Å². The molecule has 0 bridgehead atoms. The number of carbonyl (C=O) groups is 2. The van der Waals surface area contributed by atoms with Crippen molar-refractivity contribution >= 4 is 11.9 Å². The van der Waals surface area contributed by atoms with E-state index in [-0.39, 0.29) is 24.2 Å². The first kappa shape index (κ1) is 33.5. The van der Waals surface area contributed by atoms with Gasteiger partial charge in [-0.05, 0) is 123 Å². The van der Waals surface area contributed by atoms with Crippen LogP contribution in [0.15, 0.2) is 11.6 Å². The van der Waals surface area contributed by atoms with Crippen LogP contribution in [0.1, 0.15) is 138 Å². The molecule has 0 spiro atoms. The Morgan fingerprint density at radius 2 is 1.74 bits per heavy atom. The topological polar surface area (TPSA) is 83.8 Å².